The Morgan fingerprint density at radius 1 is 0.970 bits per heavy atom. The predicted octanol–water partition coefficient (Wildman–Crippen LogP) is 4.04. The van der Waals surface area contributed by atoms with E-state index in [1.54, 1.807) is 54.6 Å². The molecular formula is C24H24N2O6S. The lowest BCUT2D eigenvalue weighted by molar-refractivity contribution is -0.116. The van der Waals surface area contributed by atoms with Gasteiger partial charge in [0.1, 0.15) is 25.0 Å². The van der Waals surface area contributed by atoms with Crippen molar-refractivity contribution in [2.75, 3.05) is 29.1 Å². The number of hydrogen-bond donors (Lipinski definition) is 1. The van der Waals surface area contributed by atoms with Crippen molar-refractivity contribution in [2.24, 2.45) is 0 Å². The minimum absolute atomic E-state index is 0.304. The predicted molar refractivity (Wildman–Crippen MR) is 126 cm³/mol. The van der Waals surface area contributed by atoms with Crippen molar-refractivity contribution in [3.8, 4) is 23.0 Å². The zero-order chi connectivity index (χ0) is 23.4. The first-order valence-corrected chi connectivity index (χ1v) is 12.2. The molecule has 0 radical (unpaired) electrons. The summed E-state index contributed by atoms with van der Waals surface area (Å²) < 4.78 is 43.3. The van der Waals surface area contributed by atoms with Crippen molar-refractivity contribution < 1.29 is 27.4 Å². The molecule has 0 fully saturated rings. The molecule has 1 atom stereocenters. The summed E-state index contributed by atoms with van der Waals surface area (Å²) in [6, 6.07) is 19.9. The Balaban J connectivity index is 1.59. The summed E-state index contributed by atoms with van der Waals surface area (Å²) in [6.45, 7) is 2.31. The van der Waals surface area contributed by atoms with Crippen LogP contribution in [0.2, 0.25) is 0 Å². The fourth-order valence-electron chi connectivity index (χ4n) is 3.49. The number of amides is 1. The number of rotatable bonds is 7. The summed E-state index contributed by atoms with van der Waals surface area (Å²) in [5, 5.41) is 2.79. The van der Waals surface area contributed by atoms with Crippen molar-refractivity contribution in [3.63, 3.8) is 0 Å². The molecule has 8 nitrogen and oxygen atoms in total. The average Bonchev–Trinajstić information content (AvgIpc) is 2.80. The molecule has 4 rings (SSSR count). The molecule has 0 unspecified atom stereocenters. The van der Waals surface area contributed by atoms with Crippen LogP contribution < -0.4 is 23.8 Å². The number of ether oxygens (including phenoxy) is 3. The summed E-state index contributed by atoms with van der Waals surface area (Å²) in [5.74, 6) is 1.50. The van der Waals surface area contributed by atoms with Crippen molar-refractivity contribution in [3.05, 3.63) is 72.8 Å². The van der Waals surface area contributed by atoms with Crippen LogP contribution in [0.15, 0.2) is 72.8 Å². The highest BCUT2D eigenvalue weighted by Gasteiger charge is 2.30. The lowest BCUT2D eigenvalue weighted by Crippen LogP contribution is -2.45. The number of fused-ring (bicyclic) bond motifs is 1. The topological polar surface area (TPSA) is 94.2 Å². The van der Waals surface area contributed by atoms with E-state index in [4.69, 9.17) is 14.2 Å². The van der Waals surface area contributed by atoms with Crippen LogP contribution in [-0.4, -0.2) is 39.8 Å². The average molecular weight is 469 g/mol. The highest BCUT2D eigenvalue weighted by molar-refractivity contribution is 7.92. The molecule has 1 aliphatic rings. The molecule has 0 aliphatic carbocycles. The smallest absolute Gasteiger partial charge is 0.248 e. The van der Waals surface area contributed by atoms with E-state index < -0.39 is 22.0 Å². The Morgan fingerprint density at radius 3 is 2.36 bits per heavy atom. The van der Waals surface area contributed by atoms with Gasteiger partial charge in [0.2, 0.25) is 15.9 Å². The molecule has 1 N–H and O–H groups in total. The number of benzene rings is 3. The molecule has 0 saturated heterocycles. The molecule has 0 bridgehead atoms. The molecule has 3 aromatic rings. The zero-order valence-corrected chi connectivity index (χ0v) is 19.0. The first kappa shape index (κ1) is 22.5. The van der Waals surface area contributed by atoms with Gasteiger partial charge in [-0.3, -0.25) is 9.10 Å². The summed E-state index contributed by atoms with van der Waals surface area (Å²) in [4.78, 5) is 13.1. The molecule has 0 saturated carbocycles. The van der Waals surface area contributed by atoms with Crippen molar-refractivity contribution in [1.82, 2.24) is 0 Å². The molecule has 172 valence electrons. The third-order valence-electron chi connectivity index (χ3n) is 4.98. The number of para-hydroxylation sites is 3. The number of sulfonamides is 1. The number of carbonyl (C=O) groups excluding carboxylic acids is 1. The second-order valence-electron chi connectivity index (χ2n) is 7.46. The highest BCUT2D eigenvalue weighted by Crippen LogP contribution is 2.36. The van der Waals surface area contributed by atoms with Gasteiger partial charge in [-0.05, 0) is 43.3 Å². The molecule has 1 heterocycles. The lowest BCUT2D eigenvalue weighted by Gasteiger charge is -2.29. The van der Waals surface area contributed by atoms with Gasteiger partial charge >= 0.3 is 0 Å². The van der Waals surface area contributed by atoms with Gasteiger partial charge in [-0.15, -0.1) is 0 Å². The van der Waals surface area contributed by atoms with E-state index in [9.17, 15) is 13.2 Å². The van der Waals surface area contributed by atoms with Gasteiger partial charge in [0.05, 0.1) is 17.6 Å². The van der Waals surface area contributed by atoms with Crippen LogP contribution in [0.5, 0.6) is 23.0 Å². The largest absolute Gasteiger partial charge is 0.486 e. The van der Waals surface area contributed by atoms with Crippen LogP contribution in [0.25, 0.3) is 0 Å². The normalized spacial score (nSPS) is 13.6. The summed E-state index contributed by atoms with van der Waals surface area (Å²) in [5.41, 5.74) is 0.729. The quantitative estimate of drug-likeness (QED) is 0.562. The number of hydrogen-bond acceptors (Lipinski definition) is 6. The number of nitrogens with zero attached hydrogens (tertiary/aromatic N) is 1. The van der Waals surface area contributed by atoms with Crippen molar-refractivity contribution >= 4 is 27.3 Å². The fourth-order valence-corrected chi connectivity index (χ4v) is 4.66. The SMILES string of the molecule is C[C@H](C(=O)Nc1ccccc1Oc1ccccc1)N(c1ccc2c(c1)OCCO2)S(C)(=O)=O. The highest BCUT2D eigenvalue weighted by atomic mass is 32.2. The van der Waals surface area contributed by atoms with Crippen LogP contribution in [0.3, 0.4) is 0 Å². The van der Waals surface area contributed by atoms with E-state index in [0.29, 0.717) is 47.6 Å². The zero-order valence-electron chi connectivity index (χ0n) is 18.2. The Bertz CT molecular complexity index is 1250. The molecule has 0 spiro atoms. The second kappa shape index (κ2) is 9.41. The summed E-state index contributed by atoms with van der Waals surface area (Å²) >= 11 is 0. The fraction of sp³-hybridized carbons (Fsp3) is 0.208. The van der Waals surface area contributed by atoms with Crippen LogP contribution in [0.4, 0.5) is 11.4 Å². The van der Waals surface area contributed by atoms with Crippen LogP contribution in [0.1, 0.15) is 6.92 Å². The molecule has 9 heteroatoms. The summed E-state index contributed by atoms with van der Waals surface area (Å²) in [7, 11) is -3.79. The maximum atomic E-state index is 13.1. The van der Waals surface area contributed by atoms with E-state index in [2.05, 4.69) is 5.32 Å². The molecule has 1 amide bonds. The van der Waals surface area contributed by atoms with Gasteiger partial charge in [-0.1, -0.05) is 30.3 Å². The number of anilines is 2. The Labute approximate surface area is 192 Å². The Morgan fingerprint density at radius 2 is 1.64 bits per heavy atom. The van der Waals surface area contributed by atoms with Crippen LogP contribution in [-0.2, 0) is 14.8 Å². The third kappa shape index (κ3) is 5.20. The van der Waals surface area contributed by atoms with Gasteiger partial charge in [0.15, 0.2) is 17.2 Å². The van der Waals surface area contributed by atoms with Crippen molar-refractivity contribution in [1.29, 1.82) is 0 Å². The number of nitrogens with one attached hydrogen (secondary N) is 1. The van der Waals surface area contributed by atoms with E-state index in [1.807, 2.05) is 18.2 Å². The van der Waals surface area contributed by atoms with Gasteiger partial charge in [0.25, 0.3) is 0 Å². The van der Waals surface area contributed by atoms with E-state index >= 15 is 0 Å². The van der Waals surface area contributed by atoms with E-state index in [1.165, 1.54) is 6.92 Å². The molecule has 3 aromatic carbocycles. The first-order valence-electron chi connectivity index (χ1n) is 10.3. The Kier molecular flexibility index (Phi) is 6.41. The minimum Gasteiger partial charge on any atom is -0.486 e. The number of carbonyl (C=O) groups is 1. The van der Waals surface area contributed by atoms with Crippen LogP contribution in [0, 0.1) is 0 Å². The molecule has 0 aromatic heterocycles. The summed E-state index contributed by atoms with van der Waals surface area (Å²) in [6.07, 6.45) is 1.06. The molecular weight excluding hydrogens is 444 g/mol. The van der Waals surface area contributed by atoms with Crippen LogP contribution >= 0.6 is 0 Å². The van der Waals surface area contributed by atoms with Gasteiger partial charge in [-0.25, -0.2) is 8.42 Å². The van der Waals surface area contributed by atoms with Gasteiger partial charge in [0, 0.05) is 6.07 Å². The van der Waals surface area contributed by atoms with Gasteiger partial charge < -0.3 is 19.5 Å². The van der Waals surface area contributed by atoms with E-state index in [0.717, 1.165) is 10.6 Å². The Hall–Kier alpha value is -3.72. The maximum Gasteiger partial charge on any atom is 0.248 e. The second-order valence-corrected chi connectivity index (χ2v) is 9.32. The molecule has 1 aliphatic heterocycles. The first-order chi connectivity index (χ1) is 15.8. The van der Waals surface area contributed by atoms with Crippen molar-refractivity contribution in [2.45, 2.75) is 13.0 Å². The third-order valence-corrected chi connectivity index (χ3v) is 6.23. The maximum absolute atomic E-state index is 13.1. The van der Waals surface area contributed by atoms with Gasteiger partial charge in [-0.2, -0.15) is 0 Å². The van der Waals surface area contributed by atoms with E-state index in [-0.39, 0.29) is 0 Å². The lowest BCUT2D eigenvalue weighted by atomic mass is 10.2. The standard InChI is InChI=1S/C24H24N2O6S/c1-17(26(33(2,28)29)18-12-13-22-23(16-18)31-15-14-30-22)24(27)25-20-10-6-7-11-21(20)32-19-8-4-3-5-9-19/h3-13,16-17H,14-15H2,1-2H3,(H,25,27)/t17-/m1/s1. The minimum atomic E-state index is -3.79. The monoisotopic (exact) mass is 468 g/mol. The molecule has 33 heavy (non-hydrogen) atoms.